The van der Waals surface area contributed by atoms with Gasteiger partial charge >= 0.3 is 0 Å². The van der Waals surface area contributed by atoms with Gasteiger partial charge in [0.2, 0.25) is 0 Å². The van der Waals surface area contributed by atoms with E-state index in [-0.39, 0.29) is 5.70 Å². The van der Waals surface area contributed by atoms with Crippen molar-refractivity contribution in [2.45, 2.75) is 0 Å². The molecule has 1 rings (SSSR count). The van der Waals surface area contributed by atoms with E-state index in [1.165, 1.54) is 6.08 Å². The van der Waals surface area contributed by atoms with Gasteiger partial charge in [0.05, 0.1) is 18.9 Å². The minimum Gasteiger partial charge on any atom is -0.399 e. The lowest BCUT2D eigenvalue weighted by Gasteiger charge is -2.29. The number of morpholine rings is 1. The third-order valence-corrected chi connectivity index (χ3v) is 1.98. The molecule has 78 valence electrons. The number of nitrogens with zero attached hydrogens (tertiary/aromatic N) is 1. The number of hydrogen-bond donors (Lipinski definition) is 1. The Labute approximate surface area is 83.3 Å². The molecule has 3 nitrogen and oxygen atoms in total. The maximum absolute atomic E-state index is 13.4. The molecular weight excluding hydrogens is 183 g/mol. The molecular formula is C10H15FN2O. The van der Waals surface area contributed by atoms with Crippen LogP contribution in [0.25, 0.3) is 0 Å². The molecule has 0 spiro atoms. The average Bonchev–Trinajstić information content (AvgIpc) is 2.17. The Bertz CT molecular complexity index is 267. The standard InChI is InChI=1S/C10H15FN2O/c1-8(12)7-10(11)9(2)13-3-5-14-6-4-13/h7H,1-6,12H2/b10-7+. The zero-order valence-electron chi connectivity index (χ0n) is 8.13. The summed E-state index contributed by atoms with van der Waals surface area (Å²) in [4.78, 5) is 1.83. The Morgan fingerprint density at radius 3 is 2.43 bits per heavy atom. The molecule has 1 aliphatic heterocycles. The molecule has 0 aromatic carbocycles. The SMILES string of the molecule is C=C(N)/C=C(/F)C(=C)N1CCOCC1. The van der Waals surface area contributed by atoms with Crippen molar-refractivity contribution in [2.24, 2.45) is 5.73 Å². The largest absolute Gasteiger partial charge is 0.399 e. The van der Waals surface area contributed by atoms with Crippen LogP contribution in [0.15, 0.2) is 36.5 Å². The third kappa shape index (κ3) is 2.88. The average molecular weight is 198 g/mol. The van der Waals surface area contributed by atoms with Crippen LogP contribution in [-0.4, -0.2) is 31.2 Å². The predicted octanol–water partition coefficient (Wildman–Crippen LogP) is 1.16. The molecule has 0 aromatic heterocycles. The summed E-state index contributed by atoms with van der Waals surface area (Å²) in [5, 5.41) is 0. The molecule has 0 amide bonds. The summed E-state index contributed by atoms with van der Waals surface area (Å²) in [6.07, 6.45) is 1.18. The second-order valence-electron chi connectivity index (χ2n) is 3.11. The van der Waals surface area contributed by atoms with Gasteiger partial charge in [-0.25, -0.2) is 4.39 Å². The van der Waals surface area contributed by atoms with Gasteiger partial charge in [0.15, 0.2) is 0 Å². The summed E-state index contributed by atoms with van der Waals surface area (Å²) in [6, 6.07) is 0. The van der Waals surface area contributed by atoms with Crippen molar-refractivity contribution in [3.05, 3.63) is 36.5 Å². The Morgan fingerprint density at radius 2 is 1.93 bits per heavy atom. The molecule has 0 atom stereocenters. The van der Waals surface area contributed by atoms with Crippen molar-refractivity contribution in [2.75, 3.05) is 26.3 Å². The van der Waals surface area contributed by atoms with Crippen LogP contribution in [0.4, 0.5) is 4.39 Å². The molecule has 2 N–H and O–H groups in total. The lowest BCUT2D eigenvalue weighted by Crippen LogP contribution is -2.35. The highest BCUT2D eigenvalue weighted by atomic mass is 19.1. The highest BCUT2D eigenvalue weighted by Gasteiger charge is 2.14. The molecule has 14 heavy (non-hydrogen) atoms. The fourth-order valence-electron chi connectivity index (χ4n) is 1.23. The van der Waals surface area contributed by atoms with E-state index in [2.05, 4.69) is 13.2 Å². The minimum atomic E-state index is -0.431. The van der Waals surface area contributed by atoms with E-state index in [0.29, 0.717) is 32.0 Å². The van der Waals surface area contributed by atoms with Crippen molar-refractivity contribution in [3.63, 3.8) is 0 Å². The zero-order valence-corrected chi connectivity index (χ0v) is 8.13. The van der Waals surface area contributed by atoms with Gasteiger partial charge < -0.3 is 15.4 Å². The molecule has 0 bridgehead atoms. The lowest BCUT2D eigenvalue weighted by molar-refractivity contribution is 0.0537. The van der Waals surface area contributed by atoms with Gasteiger partial charge in [-0.1, -0.05) is 13.2 Å². The van der Waals surface area contributed by atoms with Crippen molar-refractivity contribution < 1.29 is 9.13 Å². The number of rotatable bonds is 3. The Kier molecular flexibility index (Phi) is 3.71. The van der Waals surface area contributed by atoms with Crippen LogP contribution < -0.4 is 5.73 Å². The highest BCUT2D eigenvalue weighted by molar-refractivity contribution is 5.27. The summed E-state index contributed by atoms with van der Waals surface area (Å²) >= 11 is 0. The molecule has 1 heterocycles. The molecule has 0 aliphatic carbocycles. The van der Waals surface area contributed by atoms with Gasteiger partial charge in [-0.15, -0.1) is 0 Å². The van der Waals surface area contributed by atoms with Gasteiger partial charge in [0, 0.05) is 18.8 Å². The van der Waals surface area contributed by atoms with Crippen molar-refractivity contribution in [3.8, 4) is 0 Å². The van der Waals surface area contributed by atoms with E-state index in [9.17, 15) is 4.39 Å². The summed E-state index contributed by atoms with van der Waals surface area (Å²) in [6.45, 7) is 9.60. The number of ether oxygens (including phenoxy) is 1. The number of hydrogen-bond acceptors (Lipinski definition) is 3. The maximum atomic E-state index is 13.4. The first-order valence-corrected chi connectivity index (χ1v) is 4.45. The van der Waals surface area contributed by atoms with Crippen LogP contribution in [0.1, 0.15) is 0 Å². The monoisotopic (exact) mass is 198 g/mol. The number of nitrogens with two attached hydrogens (primary N) is 1. The van der Waals surface area contributed by atoms with E-state index in [4.69, 9.17) is 10.5 Å². The maximum Gasteiger partial charge on any atom is 0.147 e. The van der Waals surface area contributed by atoms with Gasteiger partial charge in [-0.3, -0.25) is 0 Å². The second kappa shape index (κ2) is 4.81. The Balaban J connectivity index is 2.59. The third-order valence-electron chi connectivity index (χ3n) is 1.98. The second-order valence-corrected chi connectivity index (χ2v) is 3.11. The van der Waals surface area contributed by atoms with Gasteiger partial charge in [0.25, 0.3) is 0 Å². The Morgan fingerprint density at radius 1 is 1.36 bits per heavy atom. The van der Waals surface area contributed by atoms with Crippen LogP contribution in [0.3, 0.4) is 0 Å². The van der Waals surface area contributed by atoms with Crippen LogP contribution in [0, 0.1) is 0 Å². The fraction of sp³-hybridized carbons (Fsp3) is 0.400. The van der Waals surface area contributed by atoms with Gasteiger partial charge in [-0.05, 0) is 6.08 Å². The van der Waals surface area contributed by atoms with Crippen molar-refractivity contribution >= 4 is 0 Å². The first kappa shape index (κ1) is 10.8. The van der Waals surface area contributed by atoms with Gasteiger partial charge in [0.1, 0.15) is 5.83 Å². The van der Waals surface area contributed by atoms with E-state index in [0.717, 1.165) is 0 Å². The summed E-state index contributed by atoms with van der Waals surface area (Å²) in [5.41, 5.74) is 5.80. The molecule has 0 aromatic rings. The predicted molar refractivity (Wildman–Crippen MR) is 54.1 cm³/mol. The van der Waals surface area contributed by atoms with Crippen LogP contribution in [-0.2, 0) is 4.74 Å². The summed E-state index contributed by atoms with van der Waals surface area (Å²) < 4.78 is 18.5. The fourth-order valence-corrected chi connectivity index (χ4v) is 1.23. The first-order valence-electron chi connectivity index (χ1n) is 4.45. The number of halogens is 1. The highest BCUT2D eigenvalue weighted by Crippen LogP contribution is 2.16. The minimum absolute atomic E-state index is 0.192. The normalized spacial score (nSPS) is 18.1. The molecule has 0 saturated carbocycles. The van der Waals surface area contributed by atoms with E-state index < -0.39 is 5.83 Å². The van der Waals surface area contributed by atoms with E-state index in [1.807, 2.05) is 4.90 Å². The van der Waals surface area contributed by atoms with Crippen molar-refractivity contribution in [1.29, 1.82) is 0 Å². The summed E-state index contributed by atoms with van der Waals surface area (Å²) in [7, 11) is 0. The van der Waals surface area contributed by atoms with E-state index >= 15 is 0 Å². The lowest BCUT2D eigenvalue weighted by atomic mass is 10.3. The van der Waals surface area contributed by atoms with Gasteiger partial charge in [-0.2, -0.15) is 0 Å². The molecule has 4 heteroatoms. The van der Waals surface area contributed by atoms with E-state index in [1.54, 1.807) is 0 Å². The first-order chi connectivity index (χ1) is 6.61. The quantitative estimate of drug-likeness (QED) is 0.691. The Hall–Kier alpha value is -1.29. The zero-order chi connectivity index (χ0) is 10.6. The number of allylic oxidation sites excluding steroid dienone is 2. The molecule has 0 unspecified atom stereocenters. The molecule has 0 radical (unpaired) electrons. The molecule has 1 aliphatic rings. The molecule has 1 saturated heterocycles. The molecule has 1 fully saturated rings. The van der Waals surface area contributed by atoms with Crippen LogP contribution in [0.5, 0.6) is 0 Å². The smallest absolute Gasteiger partial charge is 0.147 e. The van der Waals surface area contributed by atoms with Crippen LogP contribution in [0.2, 0.25) is 0 Å². The topological polar surface area (TPSA) is 38.5 Å². The van der Waals surface area contributed by atoms with Crippen LogP contribution >= 0.6 is 0 Å². The summed E-state index contributed by atoms with van der Waals surface area (Å²) in [5.74, 6) is -0.431. The van der Waals surface area contributed by atoms with Crippen molar-refractivity contribution in [1.82, 2.24) is 4.90 Å².